The van der Waals surface area contributed by atoms with E-state index in [4.69, 9.17) is 4.74 Å². The predicted molar refractivity (Wildman–Crippen MR) is 75.8 cm³/mol. The van der Waals surface area contributed by atoms with E-state index in [0.29, 0.717) is 18.0 Å². The van der Waals surface area contributed by atoms with Gasteiger partial charge in [0.25, 0.3) is 0 Å². The van der Waals surface area contributed by atoms with Crippen molar-refractivity contribution >= 4 is 11.9 Å². The van der Waals surface area contributed by atoms with Crippen LogP contribution in [0.1, 0.15) is 39.5 Å². The number of methoxy groups -OCH3 is 1. The van der Waals surface area contributed by atoms with E-state index < -0.39 is 0 Å². The Morgan fingerprint density at radius 3 is 2.84 bits per heavy atom. The lowest BCUT2D eigenvalue weighted by Crippen LogP contribution is -2.34. The van der Waals surface area contributed by atoms with Crippen molar-refractivity contribution in [3.05, 3.63) is 0 Å². The number of nitrogens with one attached hydrogen (secondary N) is 1. The second-order valence-corrected chi connectivity index (χ2v) is 4.87. The molecule has 2 heterocycles. The van der Waals surface area contributed by atoms with Crippen LogP contribution < -0.4 is 15.0 Å². The molecule has 0 radical (unpaired) electrons. The molecule has 6 nitrogen and oxygen atoms in total. The maximum Gasteiger partial charge on any atom is 0.322 e. The minimum Gasteiger partial charge on any atom is -0.467 e. The highest BCUT2D eigenvalue weighted by Crippen LogP contribution is 2.23. The number of ether oxygens (including phenoxy) is 1. The van der Waals surface area contributed by atoms with Crippen LogP contribution in [0.2, 0.25) is 0 Å². The molecule has 0 aromatic carbocycles. The molecule has 0 aliphatic carbocycles. The van der Waals surface area contributed by atoms with Crippen molar-refractivity contribution in [2.24, 2.45) is 0 Å². The van der Waals surface area contributed by atoms with Gasteiger partial charge in [-0.05, 0) is 26.7 Å². The van der Waals surface area contributed by atoms with Gasteiger partial charge in [0.05, 0.1) is 7.11 Å². The van der Waals surface area contributed by atoms with Gasteiger partial charge in [-0.25, -0.2) is 0 Å². The van der Waals surface area contributed by atoms with Crippen molar-refractivity contribution in [1.29, 1.82) is 0 Å². The quantitative estimate of drug-likeness (QED) is 0.899. The van der Waals surface area contributed by atoms with Crippen LogP contribution in [0, 0.1) is 0 Å². The van der Waals surface area contributed by atoms with Gasteiger partial charge in [0, 0.05) is 19.1 Å². The van der Waals surface area contributed by atoms with Crippen LogP contribution in [-0.4, -0.2) is 41.2 Å². The number of hydrogen-bond donors (Lipinski definition) is 1. The molecule has 19 heavy (non-hydrogen) atoms. The Balaban J connectivity index is 2.27. The molecule has 2 rings (SSSR count). The molecule has 106 valence electrons. The topological polar surface area (TPSA) is 63.2 Å². The molecule has 6 heteroatoms. The summed E-state index contributed by atoms with van der Waals surface area (Å²) < 4.78 is 5.17. The lowest BCUT2D eigenvalue weighted by atomic mass is 10.1. The highest BCUT2D eigenvalue weighted by Gasteiger charge is 2.21. The molecule has 0 spiro atoms. The normalized spacial score (nSPS) is 19.9. The van der Waals surface area contributed by atoms with Crippen LogP contribution in [0.4, 0.5) is 11.9 Å². The SMILES string of the molecule is CCNc1nc(OC)nc(N2CCCCCC2C)n1. The van der Waals surface area contributed by atoms with E-state index in [-0.39, 0.29) is 0 Å². The number of anilines is 2. The van der Waals surface area contributed by atoms with Crippen molar-refractivity contribution in [3.8, 4) is 6.01 Å². The van der Waals surface area contributed by atoms with E-state index in [1.54, 1.807) is 7.11 Å². The largest absolute Gasteiger partial charge is 0.467 e. The third-order valence-electron chi connectivity index (χ3n) is 3.43. The van der Waals surface area contributed by atoms with Crippen LogP contribution in [0.25, 0.3) is 0 Å². The monoisotopic (exact) mass is 265 g/mol. The molecule has 1 aliphatic heterocycles. The molecule has 1 aromatic rings. The summed E-state index contributed by atoms with van der Waals surface area (Å²) in [6.45, 7) is 6.03. The number of aromatic nitrogens is 3. The van der Waals surface area contributed by atoms with Crippen LogP contribution in [0.5, 0.6) is 6.01 Å². The zero-order valence-corrected chi connectivity index (χ0v) is 12.0. The summed E-state index contributed by atoms with van der Waals surface area (Å²) in [6.07, 6.45) is 4.93. The molecular weight excluding hydrogens is 242 g/mol. The van der Waals surface area contributed by atoms with Crippen LogP contribution in [-0.2, 0) is 0 Å². The zero-order valence-electron chi connectivity index (χ0n) is 12.0. The fourth-order valence-electron chi connectivity index (χ4n) is 2.37. The second-order valence-electron chi connectivity index (χ2n) is 4.87. The van der Waals surface area contributed by atoms with Crippen LogP contribution in [0.15, 0.2) is 0 Å². The maximum absolute atomic E-state index is 5.17. The Morgan fingerprint density at radius 2 is 2.11 bits per heavy atom. The van der Waals surface area contributed by atoms with Gasteiger partial charge < -0.3 is 15.0 Å². The van der Waals surface area contributed by atoms with Gasteiger partial charge in [-0.3, -0.25) is 0 Å². The summed E-state index contributed by atoms with van der Waals surface area (Å²) >= 11 is 0. The highest BCUT2D eigenvalue weighted by molar-refractivity contribution is 5.39. The lowest BCUT2D eigenvalue weighted by Gasteiger charge is -2.27. The standard InChI is InChI=1S/C13H23N5O/c1-4-14-11-15-12(17-13(16-11)19-3)18-9-7-5-6-8-10(18)2/h10H,4-9H2,1-3H3,(H,14,15,16,17). The minimum atomic E-state index is 0.373. The maximum atomic E-state index is 5.17. The van der Waals surface area contributed by atoms with Crippen LogP contribution >= 0.6 is 0 Å². The first kappa shape index (κ1) is 13.8. The van der Waals surface area contributed by atoms with Gasteiger partial charge in [-0.2, -0.15) is 15.0 Å². The van der Waals surface area contributed by atoms with E-state index >= 15 is 0 Å². The molecule has 1 atom stereocenters. The first-order valence-electron chi connectivity index (χ1n) is 7.05. The summed E-state index contributed by atoms with van der Waals surface area (Å²) in [4.78, 5) is 15.4. The van der Waals surface area contributed by atoms with E-state index in [9.17, 15) is 0 Å². The third-order valence-corrected chi connectivity index (χ3v) is 3.43. The highest BCUT2D eigenvalue weighted by atomic mass is 16.5. The average molecular weight is 265 g/mol. The predicted octanol–water partition coefficient (Wildman–Crippen LogP) is 2.08. The first-order chi connectivity index (χ1) is 9.24. The van der Waals surface area contributed by atoms with Gasteiger partial charge in [-0.15, -0.1) is 0 Å². The average Bonchev–Trinajstić information content (AvgIpc) is 2.63. The zero-order chi connectivity index (χ0) is 13.7. The summed E-state index contributed by atoms with van der Waals surface area (Å²) in [5.41, 5.74) is 0. The Hall–Kier alpha value is -1.59. The Labute approximate surface area is 114 Å². The van der Waals surface area contributed by atoms with Gasteiger partial charge in [0.15, 0.2) is 0 Å². The second kappa shape index (κ2) is 6.54. The van der Waals surface area contributed by atoms with Gasteiger partial charge in [0.1, 0.15) is 0 Å². The smallest absolute Gasteiger partial charge is 0.322 e. The van der Waals surface area contributed by atoms with Gasteiger partial charge in [-0.1, -0.05) is 12.8 Å². The van der Waals surface area contributed by atoms with Crippen LogP contribution in [0.3, 0.4) is 0 Å². The van der Waals surface area contributed by atoms with Crippen molar-refractivity contribution in [3.63, 3.8) is 0 Å². The molecule has 0 bridgehead atoms. The minimum absolute atomic E-state index is 0.373. The molecule has 1 saturated heterocycles. The summed E-state index contributed by atoms with van der Waals surface area (Å²) in [6, 6.07) is 0.835. The lowest BCUT2D eigenvalue weighted by molar-refractivity contribution is 0.378. The molecule has 1 N–H and O–H groups in total. The van der Waals surface area contributed by atoms with E-state index in [0.717, 1.165) is 19.0 Å². The van der Waals surface area contributed by atoms with Crippen molar-refractivity contribution in [1.82, 2.24) is 15.0 Å². The van der Waals surface area contributed by atoms with Crippen molar-refractivity contribution < 1.29 is 4.74 Å². The third kappa shape index (κ3) is 3.45. The Kier molecular flexibility index (Phi) is 4.76. The van der Waals surface area contributed by atoms with Gasteiger partial charge in [0.2, 0.25) is 11.9 Å². The van der Waals surface area contributed by atoms with E-state index in [1.165, 1.54) is 25.7 Å². The molecule has 1 aliphatic rings. The number of nitrogens with zero attached hydrogens (tertiary/aromatic N) is 4. The molecule has 1 unspecified atom stereocenters. The van der Waals surface area contributed by atoms with Crippen molar-refractivity contribution in [2.45, 2.75) is 45.6 Å². The molecule has 1 aromatic heterocycles. The fourth-order valence-corrected chi connectivity index (χ4v) is 2.37. The summed E-state index contributed by atoms with van der Waals surface area (Å²) in [5, 5.41) is 3.12. The van der Waals surface area contributed by atoms with Crippen molar-refractivity contribution in [2.75, 3.05) is 30.4 Å². The van der Waals surface area contributed by atoms with E-state index in [2.05, 4.69) is 32.1 Å². The summed E-state index contributed by atoms with van der Waals surface area (Å²) in [7, 11) is 1.58. The number of hydrogen-bond acceptors (Lipinski definition) is 6. The first-order valence-corrected chi connectivity index (χ1v) is 7.05. The molecule has 0 saturated carbocycles. The number of rotatable bonds is 4. The van der Waals surface area contributed by atoms with E-state index in [1.807, 2.05) is 6.92 Å². The Bertz CT molecular complexity index is 412. The Morgan fingerprint density at radius 1 is 1.26 bits per heavy atom. The summed E-state index contributed by atoms with van der Waals surface area (Å²) in [5.74, 6) is 1.30. The molecular formula is C13H23N5O. The molecule has 1 fully saturated rings. The van der Waals surface area contributed by atoms with Gasteiger partial charge >= 0.3 is 6.01 Å². The molecule has 0 amide bonds. The fraction of sp³-hybridized carbons (Fsp3) is 0.769.